The van der Waals surface area contributed by atoms with Gasteiger partial charge in [-0.15, -0.1) is 11.6 Å². The highest BCUT2D eigenvalue weighted by atomic mass is 35.5. The number of hydrogen-bond acceptors (Lipinski definition) is 3. The van der Waals surface area contributed by atoms with Gasteiger partial charge in [-0.25, -0.2) is 14.8 Å². The molecule has 0 saturated heterocycles. The lowest BCUT2D eigenvalue weighted by Gasteiger charge is -2.10. The number of rotatable bonds is 10. The van der Waals surface area contributed by atoms with Gasteiger partial charge >= 0.3 is 5.97 Å². The van der Waals surface area contributed by atoms with E-state index in [1.165, 1.54) is 25.7 Å². The summed E-state index contributed by atoms with van der Waals surface area (Å²) in [5.74, 6) is -0.330. The second kappa shape index (κ2) is 10.3. The van der Waals surface area contributed by atoms with Crippen LogP contribution in [-0.2, 0) is 12.8 Å². The number of carbonyl (C=O) groups is 1. The van der Waals surface area contributed by atoms with E-state index < -0.39 is 5.97 Å². The Morgan fingerprint density at radius 2 is 1.85 bits per heavy atom. The molecule has 2 aromatic rings. The summed E-state index contributed by atoms with van der Waals surface area (Å²) < 4.78 is 0. The highest BCUT2D eigenvalue weighted by Crippen LogP contribution is 2.22. The number of alkyl halides is 1. The maximum absolute atomic E-state index is 11.4. The summed E-state index contributed by atoms with van der Waals surface area (Å²) in [6.45, 7) is 4.07. The van der Waals surface area contributed by atoms with Crippen molar-refractivity contribution >= 4 is 17.6 Å². The number of nitrogens with zero attached hydrogens (tertiary/aromatic N) is 2. The number of aromatic carboxylic acids is 1. The Morgan fingerprint density at radius 3 is 2.46 bits per heavy atom. The third-order valence-corrected chi connectivity index (χ3v) is 4.52. The van der Waals surface area contributed by atoms with Crippen molar-refractivity contribution in [3.8, 4) is 11.4 Å². The molecule has 1 aromatic heterocycles. The lowest BCUT2D eigenvalue weighted by atomic mass is 9.99. The summed E-state index contributed by atoms with van der Waals surface area (Å²) in [7, 11) is 0. The maximum Gasteiger partial charge on any atom is 0.335 e. The number of hydrogen-bond donors (Lipinski definition) is 1. The van der Waals surface area contributed by atoms with Gasteiger partial charge in [-0.2, -0.15) is 0 Å². The SMILES string of the molecule is CCCCCCCc1cnc(-c2ccc(C(=O)O)c(C[C@@H](C)Cl)c2)nc1. The van der Waals surface area contributed by atoms with Gasteiger partial charge in [-0.05, 0) is 49.4 Å². The quantitative estimate of drug-likeness (QED) is 0.439. The fraction of sp³-hybridized carbons (Fsp3) is 0.476. The zero-order valence-corrected chi connectivity index (χ0v) is 16.3. The van der Waals surface area contributed by atoms with Crippen molar-refractivity contribution in [2.75, 3.05) is 0 Å². The molecule has 0 radical (unpaired) electrons. The predicted octanol–water partition coefficient (Wildman–Crippen LogP) is 5.52. The van der Waals surface area contributed by atoms with Crippen LogP contribution in [0.25, 0.3) is 11.4 Å². The lowest BCUT2D eigenvalue weighted by molar-refractivity contribution is 0.0695. The normalized spacial score (nSPS) is 12.1. The number of benzene rings is 1. The third-order valence-electron chi connectivity index (χ3n) is 4.37. The molecule has 0 amide bonds. The Balaban J connectivity index is 2.09. The number of carboxylic acid groups (broad SMARTS) is 1. The van der Waals surface area contributed by atoms with Crippen molar-refractivity contribution in [2.24, 2.45) is 0 Å². The van der Waals surface area contributed by atoms with Crippen LogP contribution < -0.4 is 0 Å². The number of aryl methyl sites for hydroxylation is 1. The molecule has 1 heterocycles. The van der Waals surface area contributed by atoms with Gasteiger partial charge in [0.05, 0.1) is 5.56 Å². The van der Waals surface area contributed by atoms with Crippen LogP contribution in [0.1, 0.15) is 67.4 Å². The molecule has 0 aliphatic heterocycles. The van der Waals surface area contributed by atoms with Crippen molar-refractivity contribution in [1.82, 2.24) is 9.97 Å². The van der Waals surface area contributed by atoms with Crippen LogP contribution in [0, 0.1) is 0 Å². The molecule has 26 heavy (non-hydrogen) atoms. The minimum absolute atomic E-state index is 0.139. The summed E-state index contributed by atoms with van der Waals surface area (Å²) in [6, 6.07) is 5.20. The Bertz CT molecular complexity index is 714. The van der Waals surface area contributed by atoms with E-state index in [-0.39, 0.29) is 10.9 Å². The molecule has 4 nitrogen and oxygen atoms in total. The van der Waals surface area contributed by atoms with Crippen molar-refractivity contribution in [3.63, 3.8) is 0 Å². The first-order valence-corrected chi connectivity index (χ1v) is 9.76. The maximum atomic E-state index is 11.4. The minimum Gasteiger partial charge on any atom is -0.478 e. The van der Waals surface area contributed by atoms with Gasteiger partial charge < -0.3 is 5.11 Å². The van der Waals surface area contributed by atoms with Gasteiger partial charge in [-0.1, -0.05) is 38.7 Å². The molecular formula is C21H27ClN2O2. The van der Waals surface area contributed by atoms with E-state index in [0.29, 0.717) is 17.8 Å². The number of unbranched alkanes of at least 4 members (excludes halogenated alkanes) is 4. The van der Waals surface area contributed by atoms with Crippen LogP contribution in [0.2, 0.25) is 0 Å². The first-order chi connectivity index (χ1) is 12.5. The van der Waals surface area contributed by atoms with Crippen LogP contribution in [0.15, 0.2) is 30.6 Å². The molecule has 0 fully saturated rings. The summed E-state index contributed by atoms with van der Waals surface area (Å²) >= 11 is 6.06. The molecule has 2 rings (SSSR count). The number of carboxylic acids is 1. The smallest absolute Gasteiger partial charge is 0.335 e. The van der Waals surface area contributed by atoms with Gasteiger partial charge in [-0.3, -0.25) is 0 Å². The molecule has 1 atom stereocenters. The van der Waals surface area contributed by atoms with E-state index in [1.54, 1.807) is 12.1 Å². The Kier molecular flexibility index (Phi) is 8.05. The minimum atomic E-state index is -0.941. The zero-order chi connectivity index (χ0) is 18.9. The van der Waals surface area contributed by atoms with Gasteiger partial charge in [0.15, 0.2) is 5.82 Å². The summed E-state index contributed by atoms with van der Waals surface area (Å²) in [5, 5.41) is 9.20. The standard InChI is InChI=1S/C21H27ClN2O2/c1-3-4-5-6-7-8-16-13-23-20(24-14-16)17-9-10-19(21(25)26)18(12-17)11-15(2)22/h9-10,12-15H,3-8,11H2,1-2H3,(H,25,26)/t15-/m1/s1. The van der Waals surface area contributed by atoms with E-state index in [0.717, 1.165) is 24.0 Å². The Hall–Kier alpha value is -1.94. The molecule has 1 N–H and O–H groups in total. The van der Waals surface area contributed by atoms with Crippen molar-refractivity contribution in [2.45, 2.75) is 64.2 Å². The van der Waals surface area contributed by atoms with Gasteiger partial charge in [0.25, 0.3) is 0 Å². The highest BCUT2D eigenvalue weighted by molar-refractivity contribution is 6.20. The average molecular weight is 375 g/mol. The van der Waals surface area contributed by atoms with Gasteiger partial charge in [0, 0.05) is 23.3 Å². The van der Waals surface area contributed by atoms with E-state index >= 15 is 0 Å². The van der Waals surface area contributed by atoms with Gasteiger partial charge in [0.2, 0.25) is 0 Å². The molecule has 140 valence electrons. The molecule has 0 saturated carbocycles. The summed E-state index contributed by atoms with van der Waals surface area (Å²) in [5.41, 5.74) is 2.95. The number of halogens is 1. The molecule has 1 aromatic carbocycles. The lowest BCUT2D eigenvalue weighted by Crippen LogP contribution is -2.07. The first kappa shape index (κ1) is 20.4. The third kappa shape index (κ3) is 6.10. The van der Waals surface area contributed by atoms with Crippen molar-refractivity contribution in [1.29, 1.82) is 0 Å². The van der Waals surface area contributed by atoms with Crippen LogP contribution in [0.5, 0.6) is 0 Å². The monoisotopic (exact) mass is 374 g/mol. The fourth-order valence-corrected chi connectivity index (χ4v) is 3.15. The van der Waals surface area contributed by atoms with Crippen LogP contribution in [0.4, 0.5) is 0 Å². The fourth-order valence-electron chi connectivity index (χ4n) is 2.98. The number of aromatic nitrogens is 2. The van der Waals surface area contributed by atoms with Crippen LogP contribution in [-0.4, -0.2) is 26.4 Å². The first-order valence-electron chi connectivity index (χ1n) is 9.32. The Labute approximate surface area is 160 Å². The predicted molar refractivity (Wildman–Crippen MR) is 106 cm³/mol. The molecule has 0 bridgehead atoms. The summed E-state index contributed by atoms with van der Waals surface area (Å²) in [4.78, 5) is 20.3. The average Bonchev–Trinajstić information content (AvgIpc) is 2.61. The van der Waals surface area contributed by atoms with E-state index in [1.807, 2.05) is 25.4 Å². The van der Waals surface area contributed by atoms with E-state index in [2.05, 4.69) is 16.9 Å². The van der Waals surface area contributed by atoms with E-state index in [4.69, 9.17) is 11.6 Å². The largest absolute Gasteiger partial charge is 0.478 e. The van der Waals surface area contributed by atoms with Crippen molar-refractivity contribution < 1.29 is 9.90 Å². The molecule has 5 heteroatoms. The highest BCUT2D eigenvalue weighted by Gasteiger charge is 2.14. The van der Waals surface area contributed by atoms with Gasteiger partial charge in [0.1, 0.15) is 0 Å². The molecule has 0 aliphatic rings. The second-order valence-corrected chi connectivity index (χ2v) is 7.49. The zero-order valence-electron chi connectivity index (χ0n) is 15.5. The Morgan fingerprint density at radius 1 is 1.15 bits per heavy atom. The van der Waals surface area contributed by atoms with E-state index in [9.17, 15) is 9.90 Å². The summed E-state index contributed by atoms with van der Waals surface area (Å²) in [6.07, 6.45) is 11.5. The molecule has 0 aliphatic carbocycles. The van der Waals surface area contributed by atoms with Crippen LogP contribution >= 0.6 is 11.6 Å². The molecular weight excluding hydrogens is 348 g/mol. The second-order valence-electron chi connectivity index (χ2n) is 6.74. The van der Waals surface area contributed by atoms with Crippen molar-refractivity contribution in [3.05, 3.63) is 47.3 Å². The van der Waals surface area contributed by atoms with Crippen LogP contribution in [0.3, 0.4) is 0 Å². The molecule has 0 unspecified atom stereocenters. The molecule has 0 spiro atoms. The topological polar surface area (TPSA) is 63.1 Å².